The summed E-state index contributed by atoms with van der Waals surface area (Å²) in [5, 5.41) is -3.91. The average molecular weight is 488 g/mol. The van der Waals surface area contributed by atoms with Crippen LogP contribution in [0.1, 0.15) is 54.9 Å². The molecule has 0 fully saturated rings. The van der Waals surface area contributed by atoms with E-state index in [9.17, 15) is 8.42 Å². The Morgan fingerprint density at radius 2 is 1.48 bits per heavy atom. The number of hydrogen-bond donors (Lipinski definition) is 1. The number of hydrogen-bond acceptors (Lipinski definition) is 2. The van der Waals surface area contributed by atoms with Gasteiger partial charge in [-0.1, -0.05) is 83.9 Å². The van der Waals surface area contributed by atoms with E-state index >= 15 is 13.2 Å². The van der Waals surface area contributed by atoms with Crippen molar-refractivity contribution in [2.45, 2.75) is 77.3 Å². The van der Waals surface area contributed by atoms with E-state index in [2.05, 4.69) is 37.6 Å². The molecule has 0 amide bonds. The normalized spacial score (nSPS) is 19.2. The molecule has 0 radical (unpaired) electrons. The molecular weight excluding hydrogens is 447 g/mol. The summed E-state index contributed by atoms with van der Waals surface area (Å²) < 4.78 is 76.7. The zero-order valence-electron chi connectivity index (χ0n) is 21.1. The predicted molar refractivity (Wildman–Crippen MR) is 135 cm³/mol. The maximum absolute atomic E-state index is 16.3. The second kappa shape index (κ2) is 11.0. The first-order chi connectivity index (χ1) is 14.8. The Bertz CT molecular complexity index is 931. The molecule has 0 aromatic heterocycles. The number of halogens is 3. The lowest BCUT2D eigenvalue weighted by Crippen LogP contribution is -2.65. The van der Waals surface area contributed by atoms with Gasteiger partial charge in [-0.3, -0.25) is 0 Å². The van der Waals surface area contributed by atoms with Crippen molar-refractivity contribution in [2.75, 3.05) is 0 Å². The molecule has 0 aliphatic carbocycles. The summed E-state index contributed by atoms with van der Waals surface area (Å²) in [6.45, 7) is 28.7. The van der Waals surface area contributed by atoms with Gasteiger partial charge in [0.25, 0.3) is 15.0 Å². The van der Waals surface area contributed by atoms with Crippen LogP contribution >= 0.6 is 0 Å². The minimum atomic E-state index is -5.24. The molecule has 1 N–H and O–H groups in total. The smallest absolute Gasteiger partial charge is 0.236 e. The van der Waals surface area contributed by atoms with Crippen LogP contribution in [0.4, 0.5) is 13.2 Å². The van der Waals surface area contributed by atoms with Crippen LogP contribution in [0, 0.1) is 11.8 Å². The second-order valence-electron chi connectivity index (χ2n) is 9.48. The number of sulfonamides is 1. The van der Waals surface area contributed by atoms with Crippen LogP contribution in [-0.4, -0.2) is 30.8 Å². The summed E-state index contributed by atoms with van der Waals surface area (Å²) in [6, 6.07) is -1.09. The van der Waals surface area contributed by atoms with E-state index in [0.29, 0.717) is 30.6 Å². The van der Waals surface area contributed by atoms with Crippen LogP contribution in [0.5, 0.6) is 0 Å². The molecule has 0 spiro atoms. The fourth-order valence-electron chi connectivity index (χ4n) is 3.76. The molecule has 0 saturated carbocycles. The van der Waals surface area contributed by atoms with Gasteiger partial charge in [-0.25, -0.2) is 26.3 Å². The van der Waals surface area contributed by atoms with Gasteiger partial charge in [-0.05, 0) is 56.3 Å². The van der Waals surface area contributed by atoms with Gasteiger partial charge in [-0.15, -0.1) is 0 Å². The lowest BCUT2D eigenvalue weighted by atomic mass is 9.78. The van der Waals surface area contributed by atoms with E-state index < -0.39 is 38.0 Å². The first-order valence-electron chi connectivity index (χ1n) is 10.8. The van der Waals surface area contributed by atoms with Gasteiger partial charge < -0.3 is 0 Å². The molecule has 4 atom stereocenters. The largest absolute Gasteiger partial charge is 0.283 e. The lowest BCUT2D eigenvalue weighted by Gasteiger charge is -2.43. The van der Waals surface area contributed by atoms with Crippen LogP contribution in [0.25, 0.3) is 0 Å². The molecule has 33 heavy (non-hydrogen) atoms. The van der Waals surface area contributed by atoms with Gasteiger partial charge in [-0.2, -0.15) is 0 Å². The van der Waals surface area contributed by atoms with Gasteiger partial charge >= 0.3 is 0 Å². The minimum absolute atomic E-state index is 0.0264. The lowest BCUT2D eigenvalue weighted by molar-refractivity contribution is -0.0283. The number of allylic oxidation sites excluding steroid dienone is 4. The summed E-state index contributed by atoms with van der Waals surface area (Å²) in [6.07, 6.45) is 2.76. The van der Waals surface area contributed by atoms with Crippen molar-refractivity contribution in [2.24, 2.45) is 11.8 Å². The summed E-state index contributed by atoms with van der Waals surface area (Å²) in [7, 11) is -5.24. The van der Waals surface area contributed by atoms with Crippen molar-refractivity contribution in [3.8, 4) is 0 Å². The highest BCUT2D eigenvalue weighted by atomic mass is 32.2. The van der Waals surface area contributed by atoms with E-state index in [1.807, 2.05) is 27.7 Å². The van der Waals surface area contributed by atoms with Crippen LogP contribution in [0.15, 0.2) is 73.4 Å². The van der Waals surface area contributed by atoms with E-state index in [-0.39, 0.29) is 17.9 Å². The monoisotopic (exact) mass is 487 g/mol. The molecule has 0 bridgehead atoms. The van der Waals surface area contributed by atoms with Gasteiger partial charge in [0.15, 0.2) is 5.67 Å². The van der Waals surface area contributed by atoms with Crippen molar-refractivity contribution in [1.82, 2.24) is 4.72 Å². The van der Waals surface area contributed by atoms with Crippen molar-refractivity contribution < 1.29 is 21.6 Å². The molecule has 0 aliphatic heterocycles. The third-order valence-electron chi connectivity index (χ3n) is 5.62. The summed E-state index contributed by atoms with van der Waals surface area (Å²) in [5.41, 5.74) is -5.64. The highest BCUT2D eigenvalue weighted by Crippen LogP contribution is 2.50. The number of alkyl halides is 3. The van der Waals surface area contributed by atoms with E-state index in [0.717, 1.165) is 12.5 Å². The molecule has 188 valence electrons. The Hall–Kier alpha value is -1.86. The first-order valence-corrected chi connectivity index (χ1v) is 12.3. The minimum Gasteiger partial charge on any atom is -0.236 e. The third-order valence-corrected chi connectivity index (χ3v) is 7.42. The Balaban J connectivity index is 6.97. The second-order valence-corrected chi connectivity index (χ2v) is 11.3. The number of rotatable bonds is 14. The van der Waals surface area contributed by atoms with E-state index in [1.54, 1.807) is 13.0 Å². The van der Waals surface area contributed by atoms with Crippen molar-refractivity contribution >= 4 is 10.0 Å². The van der Waals surface area contributed by atoms with Crippen LogP contribution in [-0.2, 0) is 10.0 Å². The van der Waals surface area contributed by atoms with Crippen LogP contribution < -0.4 is 4.72 Å². The average Bonchev–Trinajstić information content (AvgIpc) is 2.67. The molecule has 0 aromatic carbocycles. The molecule has 0 heterocycles. The van der Waals surface area contributed by atoms with Crippen molar-refractivity contribution in [3.63, 3.8) is 0 Å². The summed E-state index contributed by atoms with van der Waals surface area (Å²) in [4.78, 5) is 0. The summed E-state index contributed by atoms with van der Waals surface area (Å²) in [5.74, 6) is 0.0897. The van der Waals surface area contributed by atoms with Gasteiger partial charge in [0.1, 0.15) is 0 Å². The molecule has 0 saturated heterocycles. The van der Waals surface area contributed by atoms with E-state index in [4.69, 9.17) is 0 Å². The first kappa shape index (κ1) is 31.1. The molecule has 0 aliphatic rings. The van der Waals surface area contributed by atoms with Crippen LogP contribution in [0.2, 0.25) is 0 Å². The fraction of sp³-hybridized carbons (Fsp3) is 0.538. The quantitative estimate of drug-likeness (QED) is 0.210. The van der Waals surface area contributed by atoms with Gasteiger partial charge in [0.05, 0.1) is 6.04 Å². The Morgan fingerprint density at radius 3 is 1.79 bits per heavy atom. The fourth-order valence-corrected chi connectivity index (χ4v) is 5.47. The highest BCUT2D eigenvalue weighted by Gasteiger charge is 2.69. The number of nitrogens with one attached hydrogen (secondary N) is 1. The summed E-state index contributed by atoms with van der Waals surface area (Å²) >= 11 is 0. The maximum Gasteiger partial charge on any atom is 0.283 e. The topological polar surface area (TPSA) is 46.2 Å². The SMILES string of the molecule is C=CC(C)(F)C(F)(C(=C)C)[C@@](F)(C=C)S(=O)(=O)NC(/C=C(/C(=C)C)C(C)C)C(=C)CC(C)C. The highest BCUT2D eigenvalue weighted by molar-refractivity contribution is 7.91. The van der Waals surface area contributed by atoms with E-state index in [1.165, 1.54) is 0 Å². The predicted octanol–water partition coefficient (Wildman–Crippen LogP) is 7.09. The third kappa shape index (κ3) is 6.18. The molecule has 7 heteroatoms. The Kier molecular flexibility index (Phi) is 10.4. The molecule has 3 unspecified atom stereocenters. The zero-order valence-corrected chi connectivity index (χ0v) is 21.9. The van der Waals surface area contributed by atoms with Crippen molar-refractivity contribution in [1.29, 1.82) is 0 Å². The Labute approximate surface area is 199 Å². The maximum atomic E-state index is 16.3. The van der Waals surface area contributed by atoms with Gasteiger partial charge in [0.2, 0.25) is 5.67 Å². The molecule has 0 aromatic rings. The zero-order chi connectivity index (χ0) is 26.6. The molecular formula is C26H40F3NO2S. The standard InChI is InChI=1S/C26H40F3NO2S/c1-13-24(12,27)26(29,20(9)10)25(28,14-2)33(31,32)30-23(21(11)15-17(3)4)16-22(18(5)6)19(7)8/h13-14,16-17,19,23,30H,1-2,5,9,11,15H2,3-4,6-8,10,12H3/b22-16-/t23?,24?,25-,26?/m1/s1. The molecule has 0 rings (SSSR count). The van der Waals surface area contributed by atoms with Crippen molar-refractivity contribution in [3.05, 3.63) is 73.4 Å². The van der Waals surface area contributed by atoms with Crippen LogP contribution in [0.3, 0.4) is 0 Å². The Morgan fingerprint density at radius 1 is 1.00 bits per heavy atom. The molecule has 3 nitrogen and oxygen atoms in total. The van der Waals surface area contributed by atoms with Gasteiger partial charge in [0, 0.05) is 0 Å².